The molecule has 0 radical (unpaired) electrons. The van der Waals surface area contributed by atoms with Gasteiger partial charge >= 0.3 is 5.97 Å². The topological polar surface area (TPSA) is 87.1 Å². The van der Waals surface area contributed by atoms with E-state index in [0.29, 0.717) is 30.0 Å². The van der Waals surface area contributed by atoms with Crippen molar-refractivity contribution in [2.75, 3.05) is 24.7 Å². The van der Waals surface area contributed by atoms with Gasteiger partial charge in [-0.2, -0.15) is 0 Å². The Morgan fingerprint density at radius 1 is 1.33 bits per heavy atom. The van der Waals surface area contributed by atoms with Gasteiger partial charge in [0.15, 0.2) is 0 Å². The Hall–Kier alpha value is -2.29. The van der Waals surface area contributed by atoms with Gasteiger partial charge < -0.3 is 19.6 Å². The second-order valence-corrected chi connectivity index (χ2v) is 13.5. The van der Waals surface area contributed by atoms with Crippen LogP contribution < -0.4 is 4.90 Å². The van der Waals surface area contributed by atoms with Gasteiger partial charge in [-0.05, 0) is 44.2 Å². The van der Waals surface area contributed by atoms with Gasteiger partial charge in [-0.1, -0.05) is 62.7 Å². The number of aliphatic hydroxyl groups is 1. The van der Waals surface area contributed by atoms with Gasteiger partial charge in [0.25, 0.3) is 5.91 Å². The average molecular weight is 575 g/mol. The molecule has 3 aliphatic heterocycles. The monoisotopic (exact) mass is 574 g/mol. The fourth-order valence-corrected chi connectivity index (χ4v) is 9.59. The van der Waals surface area contributed by atoms with E-state index in [0.717, 1.165) is 5.56 Å². The third kappa shape index (κ3) is 4.62. The lowest BCUT2D eigenvalue weighted by atomic mass is 9.66. The van der Waals surface area contributed by atoms with Crippen LogP contribution in [-0.4, -0.2) is 69.1 Å². The number of anilines is 1. The third-order valence-corrected chi connectivity index (χ3v) is 11.2. The number of likely N-dealkylation sites (tertiary alicyclic amines) is 1. The predicted octanol–water partition coefficient (Wildman–Crippen LogP) is 4.78. The predicted molar refractivity (Wildman–Crippen MR) is 156 cm³/mol. The van der Waals surface area contributed by atoms with Crippen molar-refractivity contribution in [3.63, 3.8) is 0 Å². The van der Waals surface area contributed by atoms with Crippen LogP contribution in [0.4, 0.5) is 5.69 Å². The molecule has 3 aliphatic rings. The first-order chi connectivity index (χ1) is 18.5. The number of benzene rings is 1. The molecule has 212 valence electrons. The molecule has 3 fully saturated rings. The molecule has 7 atom stereocenters. The van der Waals surface area contributed by atoms with E-state index in [1.165, 1.54) is 6.08 Å². The molecule has 4 rings (SSSR count). The van der Waals surface area contributed by atoms with Crippen LogP contribution in [0, 0.1) is 24.7 Å². The minimum atomic E-state index is -0.888. The Morgan fingerprint density at radius 2 is 2.05 bits per heavy atom. The molecule has 7 nitrogen and oxygen atoms in total. The van der Waals surface area contributed by atoms with Crippen LogP contribution in [0.15, 0.2) is 43.5 Å². The van der Waals surface area contributed by atoms with Crippen molar-refractivity contribution in [1.29, 1.82) is 0 Å². The molecule has 0 aromatic heterocycles. The summed E-state index contributed by atoms with van der Waals surface area (Å²) in [5.41, 5.74) is 1.40. The Kier molecular flexibility index (Phi) is 8.60. The molecule has 2 amide bonds. The summed E-state index contributed by atoms with van der Waals surface area (Å²) in [5.74, 6) is -2.48. The summed E-state index contributed by atoms with van der Waals surface area (Å²) in [7, 11) is 0. The minimum absolute atomic E-state index is 0.0566. The number of para-hydroxylation sites is 1. The van der Waals surface area contributed by atoms with Crippen molar-refractivity contribution in [2.45, 2.75) is 68.5 Å². The summed E-state index contributed by atoms with van der Waals surface area (Å²) in [5, 5.41) is 11.0. The number of hydrogen-bond donors (Lipinski definition) is 1. The summed E-state index contributed by atoms with van der Waals surface area (Å²) in [6.45, 7) is 15.4. The maximum absolute atomic E-state index is 14.8. The molecule has 2 bridgehead atoms. The van der Waals surface area contributed by atoms with E-state index in [-0.39, 0.29) is 37.5 Å². The molecule has 1 N–H and O–H groups in total. The molecule has 9 heteroatoms. The SMILES string of the molecule is C=CCOC(=O)[C@@H]1[C@H]2C(=O)N([C@@H](CO)[C@@H](C)CC)C(C(=O)N(CC=C)c3c(C)cccc3Cl)C23CC[C@@]1(C)S3. The van der Waals surface area contributed by atoms with Crippen LogP contribution in [-0.2, 0) is 19.1 Å². The summed E-state index contributed by atoms with van der Waals surface area (Å²) in [4.78, 5) is 45.9. The number of esters is 1. The normalized spacial score (nSPS) is 30.6. The lowest BCUT2D eigenvalue weighted by Gasteiger charge is -2.41. The van der Waals surface area contributed by atoms with Crippen LogP contribution in [0.25, 0.3) is 0 Å². The first-order valence-electron chi connectivity index (χ1n) is 13.6. The zero-order chi connectivity index (χ0) is 28.7. The molecule has 39 heavy (non-hydrogen) atoms. The van der Waals surface area contributed by atoms with E-state index in [9.17, 15) is 19.5 Å². The zero-order valence-corrected chi connectivity index (χ0v) is 24.8. The number of rotatable bonds is 11. The van der Waals surface area contributed by atoms with Gasteiger partial charge in [0.2, 0.25) is 5.91 Å². The minimum Gasteiger partial charge on any atom is -0.461 e. The Balaban J connectivity index is 1.89. The molecular formula is C30H39ClN2O5S. The molecule has 0 aliphatic carbocycles. The van der Waals surface area contributed by atoms with Crippen molar-refractivity contribution in [2.24, 2.45) is 17.8 Å². The molecule has 3 saturated heterocycles. The van der Waals surface area contributed by atoms with Crippen molar-refractivity contribution in [3.8, 4) is 0 Å². The third-order valence-electron chi connectivity index (χ3n) is 8.93. The second-order valence-electron chi connectivity index (χ2n) is 11.2. The summed E-state index contributed by atoms with van der Waals surface area (Å²) in [6.07, 6.45) is 5.14. The number of carbonyl (C=O) groups excluding carboxylic acids is 3. The molecule has 1 spiro atoms. The van der Waals surface area contributed by atoms with Crippen molar-refractivity contribution >= 4 is 46.8 Å². The number of amides is 2. The van der Waals surface area contributed by atoms with Crippen LogP contribution in [0.1, 0.15) is 45.6 Å². The lowest BCUT2D eigenvalue weighted by Crippen LogP contribution is -2.59. The van der Waals surface area contributed by atoms with Crippen LogP contribution in [0.2, 0.25) is 5.02 Å². The van der Waals surface area contributed by atoms with E-state index >= 15 is 0 Å². The molecule has 3 heterocycles. The van der Waals surface area contributed by atoms with Gasteiger partial charge in [-0.15, -0.1) is 18.3 Å². The number of fused-ring (bicyclic) bond motifs is 1. The largest absolute Gasteiger partial charge is 0.461 e. The molecule has 1 aromatic carbocycles. The zero-order valence-electron chi connectivity index (χ0n) is 23.2. The fourth-order valence-electron chi connectivity index (χ4n) is 6.94. The molecule has 1 aromatic rings. The maximum atomic E-state index is 14.8. The van der Waals surface area contributed by atoms with Crippen LogP contribution >= 0.6 is 23.4 Å². The highest BCUT2D eigenvalue weighted by molar-refractivity contribution is 8.02. The number of hydrogen-bond acceptors (Lipinski definition) is 6. The Morgan fingerprint density at radius 3 is 2.64 bits per heavy atom. The quantitative estimate of drug-likeness (QED) is 0.302. The number of nitrogens with zero attached hydrogens (tertiary/aromatic N) is 2. The summed E-state index contributed by atoms with van der Waals surface area (Å²) < 4.78 is 4.12. The van der Waals surface area contributed by atoms with E-state index in [2.05, 4.69) is 13.2 Å². The van der Waals surface area contributed by atoms with E-state index in [4.69, 9.17) is 16.3 Å². The van der Waals surface area contributed by atoms with E-state index < -0.39 is 39.4 Å². The van der Waals surface area contributed by atoms with Gasteiger partial charge in [0.05, 0.1) is 39.9 Å². The summed E-state index contributed by atoms with van der Waals surface area (Å²) in [6, 6.07) is 4.00. The van der Waals surface area contributed by atoms with Crippen LogP contribution in [0.5, 0.6) is 0 Å². The average Bonchev–Trinajstić information content (AvgIpc) is 3.47. The van der Waals surface area contributed by atoms with Crippen molar-refractivity contribution < 1.29 is 24.2 Å². The van der Waals surface area contributed by atoms with Gasteiger partial charge in [-0.3, -0.25) is 14.4 Å². The number of halogens is 1. The van der Waals surface area contributed by atoms with E-state index in [1.54, 1.807) is 33.7 Å². The smallest absolute Gasteiger partial charge is 0.311 e. The van der Waals surface area contributed by atoms with Crippen LogP contribution in [0.3, 0.4) is 0 Å². The highest BCUT2D eigenvalue weighted by Crippen LogP contribution is 2.72. The molecule has 2 unspecified atom stereocenters. The van der Waals surface area contributed by atoms with Crippen molar-refractivity contribution in [1.82, 2.24) is 4.90 Å². The number of aliphatic hydroxyl groups excluding tert-OH is 1. The standard InChI is InChI=1S/C30H39ClN2O5S/c1-7-15-32(24-19(5)11-10-12-20(24)31)27(36)25-30-14-13-29(6,39-30)23(28(37)38-16-8-2)22(30)26(35)33(25)21(17-34)18(4)9-3/h7-8,10-12,18,21-23,25,34H,1-2,9,13-17H2,3-6H3/t18-,21-,22-,23-,25?,29+,30?/m0/s1. The van der Waals surface area contributed by atoms with Gasteiger partial charge in [0, 0.05) is 11.3 Å². The molecule has 0 saturated carbocycles. The Labute approximate surface area is 240 Å². The van der Waals surface area contributed by atoms with Gasteiger partial charge in [-0.25, -0.2) is 0 Å². The fraction of sp³-hybridized carbons (Fsp3) is 0.567. The van der Waals surface area contributed by atoms with E-state index in [1.807, 2.05) is 39.8 Å². The number of thioether (sulfide) groups is 1. The number of ether oxygens (including phenoxy) is 1. The second kappa shape index (κ2) is 11.3. The maximum Gasteiger partial charge on any atom is 0.311 e. The number of aryl methyl sites for hydroxylation is 1. The highest BCUT2D eigenvalue weighted by Gasteiger charge is 2.78. The first-order valence-corrected chi connectivity index (χ1v) is 14.8. The van der Waals surface area contributed by atoms with Crippen molar-refractivity contribution in [3.05, 3.63) is 54.1 Å². The Bertz CT molecular complexity index is 1160. The highest BCUT2D eigenvalue weighted by atomic mass is 35.5. The summed E-state index contributed by atoms with van der Waals surface area (Å²) >= 11 is 8.21. The molecular weight excluding hydrogens is 536 g/mol. The van der Waals surface area contributed by atoms with Gasteiger partial charge in [0.1, 0.15) is 12.6 Å². The number of carbonyl (C=O) groups is 3. The lowest BCUT2D eigenvalue weighted by molar-refractivity contribution is -0.155. The first kappa shape index (κ1) is 29.7.